The molecule has 7 heteroatoms. The summed E-state index contributed by atoms with van der Waals surface area (Å²) in [6.07, 6.45) is 4.08. The highest BCUT2D eigenvalue weighted by atomic mass is 16.5. The monoisotopic (exact) mass is 364 g/mol. The first-order valence-corrected chi connectivity index (χ1v) is 8.81. The van der Waals surface area contributed by atoms with Crippen LogP contribution < -0.4 is 4.74 Å². The zero-order valence-electron chi connectivity index (χ0n) is 14.7. The summed E-state index contributed by atoms with van der Waals surface area (Å²) in [6, 6.07) is 12.7. The number of H-pyrrole nitrogens is 1. The maximum Gasteiger partial charge on any atom is 0.327 e. The molecule has 0 bridgehead atoms. The van der Waals surface area contributed by atoms with Crippen LogP contribution >= 0.6 is 0 Å². The lowest BCUT2D eigenvalue weighted by molar-refractivity contribution is -0.144. The number of carbonyl (C=O) groups is 1. The molecule has 1 aliphatic rings. The van der Waals surface area contributed by atoms with Crippen molar-refractivity contribution in [2.24, 2.45) is 0 Å². The van der Waals surface area contributed by atoms with Crippen LogP contribution in [0.25, 0.3) is 0 Å². The van der Waals surface area contributed by atoms with Crippen LogP contribution in [-0.4, -0.2) is 37.5 Å². The minimum atomic E-state index is -0.877. The van der Waals surface area contributed by atoms with Crippen molar-refractivity contribution in [2.45, 2.75) is 25.6 Å². The summed E-state index contributed by atoms with van der Waals surface area (Å²) in [5.41, 5.74) is 3.43. The molecule has 4 rings (SSSR count). The number of aromatic nitrogens is 3. The van der Waals surface area contributed by atoms with E-state index in [0.717, 1.165) is 29.1 Å². The van der Waals surface area contributed by atoms with Crippen LogP contribution in [0.15, 0.2) is 55.0 Å². The molecular weight excluding hydrogens is 344 g/mol. The Balaban J connectivity index is 1.41. The number of benzene rings is 1. The fraction of sp³-hybridized carbons (Fsp3) is 0.250. The number of hydrogen-bond donors (Lipinski definition) is 2. The predicted octanol–water partition coefficient (Wildman–Crippen LogP) is 2.57. The number of imidazole rings is 1. The lowest BCUT2D eigenvalue weighted by Crippen LogP contribution is -2.39. The molecule has 2 N–H and O–H groups in total. The van der Waals surface area contributed by atoms with Crippen molar-refractivity contribution < 1.29 is 14.6 Å². The molecule has 0 saturated carbocycles. The molecule has 1 atom stereocenters. The lowest BCUT2D eigenvalue weighted by atomic mass is 10.0. The summed E-state index contributed by atoms with van der Waals surface area (Å²) in [5, 5.41) is 9.65. The van der Waals surface area contributed by atoms with E-state index < -0.39 is 12.0 Å². The molecule has 1 unspecified atom stereocenters. The van der Waals surface area contributed by atoms with E-state index in [9.17, 15) is 9.90 Å². The van der Waals surface area contributed by atoms with Crippen molar-refractivity contribution in [3.05, 3.63) is 77.6 Å². The van der Waals surface area contributed by atoms with Crippen LogP contribution in [0.2, 0.25) is 0 Å². The third kappa shape index (κ3) is 3.83. The molecule has 1 aliphatic heterocycles. The number of rotatable bonds is 6. The van der Waals surface area contributed by atoms with Crippen molar-refractivity contribution in [2.75, 3.05) is 6.54 Å². The van der Waals surface area contributed by atoms with E-state index in [-0.39, 0.29) is 0 Å². The highest BCUT2D eigenvalue weighted by molar-refractivity contribution is 5.75. The zero-order valence-corrected chi connectivity index (χ0v) is 14.7. The fourth-order valence-corrected chi connectivity index (χ4v) is 3.33. The standard InChI is InChI=1S/C20H20N4O3/c25-20(26)19-18-17(22-13-23-18)8-10-24(19)11-14-4-6-16(7-5-14)27-12-15-3-1-2-9-21-15/h1-7,9,13,19H,8,10-12H2,(H,22,23)(H,25,26). The third-order valence-electron chi connectivity index (χ3n) is 4.68. The summed E-state index contributed by atoms with van der Waals surface area (Å²) >= 11 is 0. The van der Waals surface area contributed by atoms with Crippen molar-refractivity contribution >= 4 is 5.97 Å². The zero-order chi connectivity index (χ0) is 18.6. The molecular formula is C20H20N4O3. The number of nitrogens with one attached hydrogen (secondary N) is 1. The molecule has 1 aromatic carbocycles. The number of carboxylic acids is 1. The molecule has 0 aliphatic carbocycles. The van der Waals surface area contributed by atoms with Crippen molar-refractivity contribution in [1.82, 2.24) is 19.9 Å². The summed E-state index contributed by atoms with van der Waals surface area (Å²) in [4.78, 5) is 25.2. The largest absolute Gasteiger partial charge is 0.487 e. The number of aromatic amines is 1. The van der Waals surface area contributed by atoms with Crippen LogP contribution in [0.1, 0.15) is 28.7 Å². The summed E-state index contributed by atoms with van der Waals surface area (Å²) in [7, 11) is 0. The van der Waals surface area contributed by atoms with Gasteiger partial charge < -0.3 is 14.8 Å². The number of pyridine rings is 1. The minimum absolute atomic E-state index is 0.412. The molecule has 0 amide bonds. The maximum atomic E-state index is 11.8. The normalized spacial score (nSPS) is 16.7. The Morgan fingerprint density at radius 3 is 2.81 bits per heavy atom. The second-order valence-corrected chi connectivity index (χ2v) is 6.48. The average molecular weight is 364 g/mol. The van der Waals surface area contributed by atoms with E-state index in [2.05, 4.69) is 15.0 Å². The van der Waals surface area contributed by atoms with Gasteiger partial charge in [-0.15, -0.1) is 0 Å². The van der Waals surface area contributed by atoms with Gasteiger partial charge in [0, 0.05) is 31.4 Å². The molecule has 0 radical (unpaired) electrons. The van der Waals surface area contributed by atoms with Crippen LogP contribution in [0.5, 0.6) is 5.75 Å². The number of carboxylic acid groups (broad SMARTS) is 1. The first-order valence-electron chi connectivity index (χ1n) is 8.81. The predicted molar refractivity (Wildman–Crippen MR) is 98.1 cm³/mol. The Morgan fingerprint density at radius 1 is 1.22 bits per heavy atom. The Labute approximate surface area is 156 Å². The highest BCUT2D eigenvalue weighted by Gasteiger charge is 2.34. The molecule has 2 aromatic heterocycles. The molecule has 3 heterocycles. The first kappa shape index (κ1) is 17.2. The quantitative estimate of drug-likeness (QED) is 0.698. The van der Waals surface area contributed by atoms with Crippen LogP contribution in [0, 0.1) is 0 Å². The molecule has 3 aromatic rings. The molecule has 138 valence electrons. The number of aliphatic carboxylic acids is 1. The van der Waals surface area contributed by atoms with E-state index in [1.165, 1.54) is 0 Å². The van der Waals surface area contributed by atoms with Crippen molar-refractivity contribution in [3.8, 4) is 5.75 Å². The van der Waals surface area contributed by atoms with Gasteiger partial charge in [-0.25, -0.2) is 4.98 Å². The topological polar surface area (TPSA) is 91.3 Å². The van der Waals surface area contributed by atoms with Gasteiger partial charge in [0.15, 0.2) is 6.04 Å². The Bertz CT molecular complexity index is 908. The van der Waals surface area contributed by atoms with Crippen molar-refractivity contribution in [3.63, 3.8) is 0 Å². The summed E-state index contributed by atoms with van der Waals surface area (Å²) < 4.78 is 5.75. The number of nitrogens with zero attached hydrogens (tertiary/aromatic N) is 3. The van der Waals surface area contributed by atoms with Gasteiger partial charge in [-0.1, -0.05) is 18.2 Å². The van der Waals surface area contributed by atoms with E-state index in [0.29, 0.717) is 25.4 Å². The van der Waals surface area contributed by atoms with Gasteiger partial charge in [0.25, 0.3) is 0 Å². The minimum Gasteiger partial charge on any atom is -0.487 e. The maximum absolute atomic E-state index is 11.8. The third-order valence-corrected chi connectivity index (χ3v) is 4.68. The SMILES string of the molecule is O=C(O)C1c2nc[nH]c2CCN1Cc1ccc(OCc2ccccn2)cc1. The Kier molecular flexibility index (Phi) is 4.84. The molecule has 0 saturated heterocycles. The number of hydrogen-bond acceptors (Lipinski definition) is 5. The molecule has 27 heavy (non-hydrogen) atoms. The van der Waals surface area contributed by atoms with Crippen LogP contribution in [-0.2, 0) is 24.4 Å². The van der Waals surface area contributed by atoms with E-state index in [1.54, 1.807) is 12.5 Å². The van der Waals surface area contributed by atoms with E-state index >= 15 is 0 Å². The fourth-order valence-electron chi connectivity index (χ4n) is 3.33. The van der Waals surface area contributed by atoms with E-state index in [4.69, 9.17) is 4.74 Å². The van der Waals surface area contributed by atoms with Gasteiger partial charge in [0.05, 0.1) is 17.7 Å². The molecule has 7 nitrogen and oxygen atoms in total. The van der Waals surface area contributed by atoms with Crippen LogP contribution in [0.3, 0.4) is 0 Å². The molecule has 0 spiro atoms. The highest BCUT2D eigenvalue weighted by Crippen LogP contribution is 2.29. The number of fused-ring (bicyclic) bond motifs is 1. The lowest BCUT2D eigenvalue weighted by Gasteiger charge is -2.32. The smallest absolute Gasteiger partial charge is 0.327 e. The summed E-state index contributed by atoms with van der Waals surface area (Å²) in [5.74, 6) is -0.120. The van der Waals surface area contributed by atoms with Crippen LogP contribution in [0.4, 0.5) is 0 Å². The second kappa shape index (κ2) is 7.59. The number of ether oxygens (including phenoxy) is 1. The van der Waals surface area contributed by atoms with Gasteiger partial charge in [-0.3, -0.25) is 14.7 Å². The van der Waals surface area contributed by atoms with Gasteiger partial charge >= 0.3 is 5.97 Å². The van der Waals surface area contributed by atoms with E-state index in [1.807, 2.05) is 47.4 Å². The Hall–Kier alpha value is -3.19. The first-order chi connectivity index (χ1) is 13.2. The second-order valence-electron chi connectivity index (χ2n) is 6.48. The Morgan fingerprint density at radius 2 is 2.07 bits per heavy atom. The average Bonchev–Trinajstić information content (AvgIpc) is 3.16. The summed E-state index contributed by atoms with van der Waals surface area (Å²) in [6.45, 7) is 1.63. The van der Waals surface area contributed by atoms with Crippen molar-refractivity contribution in [1.29, 1.82) is 0 Å². The van der Waals surface area contributed by atoms with Gasteiger partial charge in [0.1, 0.15) is 12.4 Å². The van der Waals surface area contributed by atoms with Gasteiger partial charge in [-0.05, 0) is 29.8 Å². The van der Waals surface area contributed by atoms with Gasteiger partial charge in [0.2, 0.25) is 0 Å². The molecule has 0 fully saturated rings. The van der Waals surface area contributed by atoms with Gasteiger partial charge in [-0.2, -0.15) is 0 Å².